The Labute approximate surface area is 115 Å². The molecule has 0 unspecified atom stereocenters. The fourth-order valence-electron chi connectivity index (χ4n) is 2.25. The highest BCUT2D eigenvalue weighted by Gasteiger charge is 2.12. The number of aromatic amines is 1. The Hall–Kier alpha value is -2.50. The van der Waals surface area contributed by atoms with E-state index in [0.717, 1.165) is 22.6 Å². The largest absolute Gasteiger partial charge is 0.366 e. The lowest BCUT2D eigenvalue weighted by Crippen LogP contribution is -2.18. The lowest BCUT2D eigenvalue weighted by molar-refractivity contribution is 0.636. The van der Waals surface area contributed by atoms with E-state index in [-0.39, 0.29) is 5.82 Å². The van der Waals surface area contributed by atoms with Crippen molar-refractivity contribution in [3.05, 3.63) is 47.9 Å². The van der Waals surface area contributed by atoms with Crippen LogP contribution in [0.1, 0.15) is 11.5 Å². The van der Waals surface area contributed by atoms with Crippen molar-refractivity contribution < 1.29 is 4.39 Å². The van der Waals surface area contributed by atoms with Crippen molar-refractivity contribution in [1.82, 2.24) is 20.2 Å². The maximum atomic E-state index is 13.9. The average Bonchev–Trinajstić information content (AvgIpc) is 2.92. The second kappa shape index (κ2) is 4.88. The van der Waals surface area contributed by atoms with Crippen LogP contribution >= 0.6 is 0 Å². The van der Waals surface area contributed by atoms with Gasteiger partial charge in [-0.05, 0) is 19.1 Å². The van der Waals surface area contributed by atoms with Gasteiger partial charge in [0.25, 0.3) is 0 Å². The number of nitrogens with zero attached hydrogens (tertiary/aromatic N) is 4. The number of rotatable bonds is 3. The zero-order valence-electron chi connectivity index (χ0n) is 11.3. The second-order valence-corrected chi connectivity index (χ2v) is 4.71. The van der Waals surface area contributed by atoms with Crippen molar-refractivity contribution >= 4 is 16.6 Å². The summed E-state index contributed by atoms with van der Waals surface area (Å²) in [5.41, 5.74) is 2.09. The van der Waals surface area contributed by atoms with Crippen molar-refractivity contribution in [3.63, 3.8) is 0 Å². The zero-order chi connectivity index (χ0) is 14.1. The molecule has 6 heteroatoms. The molecule has 0 aliphatic heterocycles. The first kappa shape index (κ1) is 12.5. The Kier molecular flexibility index (Phi) is 3.06. The van der Waals surface area contributed by atoms with Gasteiger partial charge in [0.05, 0.1) is 6.54 Å². The number of para-hydroxylation sites is 1. The Balaban J connectivity index is 2.08. The maximum Gasteiger partial charge on any atom is 0.149 e. The molecule has 0 fully saturated rings. The molecule has 1 N–H and O–H groups in total. The molecule has 0 atom stereocenters. The smallest absolute Gasteiger partial charge is 0.149 e. The number of halogens is 1. The first-order valence-corrected chi connectivity index (χ1v) is 6.26. The molecule has 3 aromatic rings. The predicted molar refractivity (Wildman–Crippen MR) is 74.9 cm³/mol. The first-order chi connectivity index (χ1) is 9.65. The lowest BCUT2D eigenvalue weighted by Gasteiger charge is -2.20. The highest BCUT2D eigenvalue weighted by molar-refractivity contribution is 5.92. The van der Waals surface area contributed by atoms with E-state index >= 15 is 0 Å². The number of hydrogen-bond donors (Lipinski definition) is 1. The van der Waals surface area contributed by atoms with Crippen LogP contribution in [0.25, 0.3) is 10.9 Å². The summed E-state index contributed by atoms with van der Waals surface area (Å²) in [6.45, 7) is 2.42. The van der Waals surface area contributed by atoms with E-state index in [1.165, 1.54) is 12.4 Å². The normalized spacial score (nSPS) is 10.9. The Morgan fingerprint density at radius 2 is 2.20 bits per heavy atom. The predicted octanol–water partition coefficient (Wildman–Crippen LogP) is 2.44. The van der Waals surface area contributed by atoms with E-state index in [4.69, 9.17) is 0 Å². The summed E-state index contributed by atoms with van der Waals surface area (Å²) in [5, 5.41) is 7.44. The van der Waals surface area contributed by atoms with Crippen LogP contribution in [0, 0.1) is 12.7 Å². The van der Waals surface area contributed by atoms with Crippen molar-refractivity contribution in [3.8, 4) is 0 Å². The molecule has 0 aliphatic rings. The zero-order valence-corrected chi connectivity index (χ0v) is 11.3. The summed E-state index contributed by atoms with van der Waals surface area (Å²) in [7, 11) is 1.93. The van der Waals surface area contributed by atoms with E-state index < -0.39 is 0 Å². The number of aryl methyl sites for hydroxylation is 1. The fourth-order valence-corrected chi connectivity index (χ4v) is 2.25. The van der Waals surface area contributed by atoms with E-state index in [1.54, 1.807) is 6.07 Å². The molecule has 0 saturated carbocycles. The van der Waals surface area contributed by atoms with Gasteiger partial charge in [-0.25, -0.2) is 14.4 Å². The van der Waals surface area contributed by atoms with Crippen LogP contribution in [-0.2, 0) is 6.54 Å². The quantitative estimate of drug-likeness (QED) is 0.795. The van der Waals surface area contributed by atoms with Gasteiger partial charge in [-0.2, -0.15) is 5.10 Å². The average molecular weight is 271 g/mol. The summed E-state index contributed by atoms with van der Waals surface area (Å²) in [4.78, 5) is 10.4. The van der Waals surface area contributed by atoms with Crippen LogP contribution in [-0.4, -0.2) is 27.2 Å². The molecule has 102 valence electrons. The molecule has 0 spiro atoms. The van der Waals surface area contributed by atoms with Gasteiger partial charge in [0.2, 0.25) is 0 Å². The van der Waals surface area contributed by atoms with E-state index in [0.29, 0.717) is 12.1 Å². The minimum atomic E-state index is -0.305. The van der Waals surface area contributed by atoms with Crippen LogP contribution < -0.4 is 4.90 Å². The number of benzene rings is 1. The van der Waals surface area contributed by atoms with E-state index in [2.05, 4.69) is 20.2 Å². The topological polar surface area (TPSA) is 57.7 Å². The number of nitrogens with one attached hydrogen (secondary N) is 1. The SMILES string of the molecule is Cc1cc(N(C)Cc2ncn[nH]2)c2cccc(F)c2n1. The van der Waals surface area contributed by atoms with Crippen molar-refractivity contribution in [1.29, 1.82) is 0 Å². The van der Waals surface area contributed by atoms with Gasteiger partial charge in [-0.15, -0.1) is 0 Å². The van der Waals surface area contributed by atoms with Gasteiger partial charge in [-0.1, -0.05) is 12.1 Å². The number of aromatic nitrogens is 4. The summed E-state index contributed by atoms with van der Waals surface area (Å²) in [5.74, 6) is 0.451. The minimum absolute atomic E-state index is 0.305. The first-order valence-electron chi connectivity index (χ1n) is 6.26. The molecular formula is C14H14FN5. The summed E-state index contributed by atoms with van der Waals surface area (Å²) >= 11 is 0. The molecule has 20 heavy (non-hydrogen) atoms. The molecule has 5 nitrogen and oxygen atoms in total. The van der Waals surface area contributed by atoms with Crippen LogP contribution in [0.4, 0.5) is 10.1 Å². The second-order valence-electron chi connectivity index (χ2n) is 4.71. The molecule has 2 aromatic heterocycles. The molecule has 0 saturated heterocycles. The summed E-state index contributed by atoms with van der Waals surface area (Å²) in [6.07, 6.45) is 1.47. The fraction of sp³-hybridized carbons (Fsp3) is 0.214. The van der Waals surface area contributed by atoms with Crippen LogP contribution in [0.15, 0.2) is 30.6 Å². The summed E-state index contributed by atoms with van der Waals surface area (Å²) < 4.78 is 13.9. The number of H-pyrrole nitrogens is 1. The van der Waals surface area contributed by atoms with Gasteiger partial charge >= 0.3 is 0 Å². The van der Waals surface area contributed by atoms with Gasteiger partial charge in [-0.3, -0.25) is 5.10 Å². The molecule has 0 aliphatic carbocycles. The van der Waals surface area contributed by atoms with Crippen LogP contribution in [0.5, 0.6) is 0 Å². The molecule has 3 rings (SSSR count). The number of anilines is 1. The molecular weight excluding hydrogens is 257 g/mol. The van der Waals surface area contributed by atoms with Gasteiger partial charge < -0.3 is 4.90 Å². The number of fused-ring (bicyclic) bond motifs is 1. The third-order valence-corrected chi connectivity index (χ3v) is 3.16. The molecule has 0 radical (unpaired) electrons. The number of hydrogen-bond acceptors (Lipinski definition) is 4. The van der Waals surface area contributed by atoms with Gasteiger partial charge in [0.15, 0.2) is 0 Å². The molecule has 0 bridgehead atoms. The van der Waals surface area contributed by atoms with Crippen LogP contribution in [0.3, 0.4) is 0 Å². The van der Waals surface area contributed by atoms with E-state index in [1.807, 2.05) is 31.0 Å². The molecule has 2 heterocycles. The van der Waals surface area contributed by atoms with Crippen molar-refractivity contribution in [2.24, 2.45) is 0 Å². The van der Waals surface area contributed by atoms with Crippen LogP contribution in [0.2, 0.25) is 0 Å². The Bertz CT molecular complexity index is 739. The third kappa shape index (κ3) is 2.20. The summed E-state index contributed by atoms with van der Waals surface area (Å²) in [6, 6.07) is 6.94. The maximum absolute atomic E-state index is 13.9. The third-order valence-electron chi connectivity index (χ3n) is 3.16. The highest BCUT2D eigenvalue weighted by atomic mass is 19.1. The molecule has 1 aromatic carbocycles. The van der Waals surface area contributed by atoms with Gasteiger partial charge in [0, 0.05) is 23.8 Å². The highest BCUT2D eigenvalue weighted by Crippen LogP contribution is 2.28. The molecule has 0 amide bonds. The lowest BCUT2D eigenvalue weighted by atomic mass is 10.1. The van der Waals surface area contributed by atoms with E-state index in [9.17, 15) is 4.39 Å². The van der Waals surface area contributed by atoms with Crippen molar-refractivity contribution in [2.75, 3.05) is 11.9 Å². The number of pyridine rings is 1. The Morgan fingerprint density at radius 1 is 1.35 bits per heavy atom. The Morgan fingerprint density at radius 3 is 2.95 bits per heavy atom. The minimum Gasteiger partial charge on any atom is -0.366 e. The standard InChI is InChI=1S/C14H14FN5/c1-9-6-12(20(2)7-13-16-8-17-19-13)10-4-3-5-11(15)14(10)18-9/h3-6,8H,7H2,1-2H3,(H,16,17,19). The van der Waals surface area contributed by atoms with Crippen molar-refractivity contribution in [2.45, 2.75) is 13.5 Å². The monoisotopic (exact) mass is 271 g/mol. The van der Waals surface area contributed by atoms with Gasteiger partial charge in [0.1, 0.15) is 23.5 Å².